The van der Waals surface area contributed by atoms with E-state index in [0.717, 1.165) is 11.7 Å². The first-order chi connectivity index (χ1) is 7.31. The molecule has 0 spiro atoms. The molecule has 16 heavy (non-hydrogen) atoms. The normalized spacial score (nSPS) is 11.6. The van der Waals surface area contributed by atoms with Gasteiger partial charge in [-0.15, -0.1) is 6.58 Å². The molecule has 0 atom stereocenters. The molecule has 1 aromatic carbocycles. The minimum atomic E-state index is -0.163. The van der Waals surface area contributed by atoms with E-state index < -0.39 is 0 Å². The van der Waals surface area contributed by atoms with Gasteiger partial charge in [-0.25, -0.2) is 0 Å². The average molecular weight is 329 g/mol. The average Bonchev–Trinajstić information content (AvgIpc) is 2.12. The van der Waals surface area contributed by atoms with Gasteiger partial charge >= 0.3 is 0 Å². The van der Waals surface area contributed by atoms with Gasteiger partial charge in [-0.2, -0.15) is 0 Å². The van der Waals surface area contributed by atoms with Crippen LogP contribution in [-0.4, -0.2) is 5.60 Å². The molecule has 0 N–H and O–H groups in total. The molecule has 1 rings (SSSR count). The van der Waals surface area contributed by atoms with Gasteiger partial charge in [0.05, 0.1) is 0 Å². The van der Waals surface area contributed by atoms with Gasteiger partial charge in [0.15, 0.2) is 0 Å². The Morgan fingerprint density at radius 2 is 1.94 bits per heavy atom. The van der Waals surface area contributed by atoms with Crippen molar-refractivity contribution < 1.29 is 4.74 Å². The Balaban J connectivity index is 3.03. The number of hydrogen-bond donors (Lipinski definition) is 0. The van der Waals surface area contributed by atoms with Crippen molar-refractivity contribution in [3.63, 3.8) is 0 Å². The Kier molecular flexibility index (Phi) is 4.42. The number of hydrogen-bond acceptors (Lipinski definition) is 1. The molecule has 1 radical (unpaired) electrons. The molecule has 0 aliphatic carbocycles. The second-order valence-corrected chi connectivity index (χ2v) is 6.02. The van der Waals surface area contributed by atoms with Crippen LogP contribution >= 0.6 is 22.6 Å². The summed E-state index contributed by atoms with van der Waals surface area (Å²) in [6, 6.07) is 6.24. The number of halogens is 1. The van der Waals surface area contributed by atoms with Crippen LogP contribution in [0.1, 0.15) is 33.3 Å². The lowest BCUT2D eigenvalue weighted by Crippen LogP contribution is -2.23. The zero-order valence-electron chi connectivity index (χ0n) is 10.3. The first-order valence-corrected chi connectivity index (χ1v) is 6.35. The standard InChI is InChI=1S/C14H18IO/c1-6-10(2)11-7-12(15)9-13(8-11)16-14(3,4)5/h6-9H,1H2,2-5H3. The molecule has 0 aliphatic heterocycles. The van der Waals surface area contributed by atoms with Crippen molar-refractivity contribution in [3.05, 3.63) is 45.9 Å². The number of rotatable bonds is 3. The lowest BCUT2D eigenvalue weighted by molar-refractivity contribution is 0.131. The third-order valence-corrected chi connectivity index (χ3v) is 2.68. The number of ether oxygens (including phenoxy) is 1. The quantitative estimate of drug-likeness (QED) is 0.737. The van der Waals surface area contributed by atoms with E-state index in [1.54, 1.807) is 0 Å². The van der Waals surface area contributed by atoms with E-state index in [2.05, 4.69) is 69.0 Å². The molecule has 0 saturated carbocycles. The second-order valence-electron chi connectivity index (χ2n) is 4.78. The number of benzene rings is 1. The summed E-state index contributed by atoms with van der Waals surface area (Å²) in [7, 11) is 0. The van der Waals surface area contributed by atoms with Crippen LogP contribution in [0.3, 0.4) is 0 Å². The van der Waals surface area contributed by atoms with Gasteiger partial charge in [0.2, 0.25) is 0 Å². The Morgan fingerprint density at radius 3 is 2.44 bits per heavy atom. The number of allylic oxidation sites excluding steroid dienone is 1. The molecule has 0 unspecified atom stereocenters. The Labute approximate surface area is 112 Å². The molecule has 0 saturated heterocycles. The Hall–Kier alpha value is -0.510. The Morgan fingerprint density at radius 1 is 1.31 bits per heavy atom. The third kappa shape index (κ3) is 4.16. The molecule has 0 aromatic heterocycles. The minimum absolute atomic E-state index is 0.163. The van der Waals surface area contributed by atoms with E-state index in [1.807, 2.05) is 12.1 Å². The van der Waals surface area contributed by atoms with Gasteiger partial charge in [-0.1, -0.05) is 13.0 Å². The Bertz CT molecular complexity index is 377. The summed E-state index contributed by atoms with van der Waals surface area (Å²) in [5, 5.41) is 0. The van der Waals surface area contributed by atoms with Gasteiger partial charge in [-0.05, 0) is 67.1 Å². The van der Waals surface area contributed by atoms with E-state index in [1.165, 1.54) is 9.13 Å². The second kappa shape index (κ2) is 5.21. The summed E-state index contributed by atoms with van der Waals surface area (Å²) < 4.78 is 7.04. The zero-order chi connectivity index (χ0) is 12.3. The van der Waals surface area contributed by atoms with E-state index >= 15 is 0 Å². The molecule has 87 valence electrons. The molecular weight excluding hydrogens is 311 g/mol. The van der Waals surface area contributed by atoms with E-state index in [4.69, 9.17) is 4.74 Å². The van der Waals surface area contributed by atoms with Crippen LogP contribution in [0.5, 0.6) is 5.75 Å². The maximum atomic E-state index is 5.87. The van der Waals surface area contributed by atoms with Crippen LogP contribution in [0.15, 0.2) is 30.9 Å². The lowest BCUT2D eigenvalue weighted by Gasteiger charge is -2.22. The summed E-state index contributed by atoms with van der Waals surface area (Å²) in [4.78, 5) is 0. The first kappa shape index (κ1) is 13.6. The van der Waals surface area contributed by atoms with Crippen molar-refractivity contribution in [3.8, 4) is 5.75 Å². The summed E-state index contributed by atoms with van der Waals surface area (Å²) in [5.74, 6) is 2.08. The maximum absolute atomic E-state index is 5.87. The fourth-order valence-corrected chi connectivity index (χ4v) is 1.96. The highest BCUT2D eigenvalue weighted by Gasteiger charge is 2.13. The summed E-state index contributed by atoms with van der Waals surface area (Å²) in [5.41, 5.74) is 1.00. The van der Waals surface area contributed by atoms with Crippen molar-refractivity contribution in [2.45, 2.75) is 33.3 Å². The van der Waals surface area contributed by atoms with E-state index in [0.29, 0.717) is 0 Å². The molecule has 1 nitrogen and oxygen atoms in total. The molecule has 0 bridgehead atoms. The SMILES string of the molecule is C=C[C](C)c1cc(I)cc(OC(C)(C)C)c1. The molecule has 0 aliphatic rings. The fraction of sp³-hybridized carbons (Fsp3) is 0.357. The van der Waals surface area contributed by atoms with Gasteiger partial charge in [0.1, 0.15) is 11.4 Å². The van der Waals surface area contributed by atoms with Crippen LogP contribution in [0.4, 0.5) is 0 Å². The van der Waals surface area contributed by atoms with Crippen LogP contribution in [0, 0.1) is 9.49 Å². The summed E-state index contributed by atoms with van der Waals surface area (Å²) >= 11 is 2.30. The molecule has 1 aromatic rings. The van der Waals surface area contributed by atoms with Crippen molar-refractivity contribution in [2.75, 3.05) is 0 Å². The highest BCUT2D eigenvalue weighted by atomic mass is 127. The molecule has 0 amide bonds. The van der Waals surface area contributed by atoms with Crippen molar-refractivity contribution in [2.24, 2.45) is 0 Å². The van der Waals surface area contributed by atoms with Crippen LogP contribution in [0.25, 0.3) is 0 Å². The molecule has 0 heterocycles. The van der Waals surface area contributed by atoms with Crippen molar-refractivity contribution >= 4 is 22.6 Å². The van der Waals surface area contributed by atoms with Crippen LogP contribution in [-0.2, 0) is 0 Å². The summed E-state index contributed by atoms with van der Waals surface area (Å²) in [6.07, 6.45) is 1.87. The predicted octanol–water partition coefficient (Wildman–Crippen LogP) is 4.60. The van der Waals surface area contributed by atoms with Crippen LogP contribution in [0.2, 0.25) is 0 Å². The van der Waals surface area contributed by atoms with Gasteiger partial charge < -0.3 is 4.74 Å². The highest BCUT2D eigenvalue weighted by molar-refractivity contribution is 14.1. The highest BCUT2D eigenvalue weighted by Crippen LogP contribution is 2.26. The largest absolute Gasteiger partial charge is 0.488 e. The third-order valence-electron chi connectivity index (χ3n) is 2.06. The van der Waals surface area contributed by atoms with Crippen molar-refractivity contribution in [1.29, 1.82) is 0 Å². The monoisotopic (exact) mass is 329 g/mol. The maximum Gasteiger partial charge on any atom is 0.121 e. The minimum Gasteiger partial charge on any atom is -0.488 e. The zero-order valence-corrected chi connectivity index (χ0v) is 12.5. The molecule has 0 fully saturated rings. The van der Waals surface area contributed by atoms with Crippen molar-refractivity contribution in [1.82, 2.24) is 0 Å². The van der Waals surface area contributed by atoms with E-state index in [-0.39, 0.29) is 5.60 Å². The predicted molar refractivity (Wildman–Crippen MR) is 77.8 cm³/mol. The molecule has 2 heteroatoms. The first-order valence-electron chi connectivity index (χ1n) is 5.28. The van der Waals surface area contributed by atoms with Gasteiger partial charge in [0, 0.05) is 9.49 Å². The van der Waals surface area contributed by atoms with E-state index in [9.17, 15) is 0 Å². The lowest BCUT2D eigenvalue weighted by atomic mass is 10.0. The smallest absolute Gasteiger partial charge is 0.121 e. The van der Waals surface area contributed by atoms with Gasteiger partial charge in [-0.3, -0.25) is 0 Å². The summed E-state index contributed by atoms with van der Waals surface area (Å²) in [6.45, 7) is 12.0. The molecular formula is C14H18IO. The fourth-order valence-electron chi connectivity index (χ4n) is 1.32. The topological polar surface area (TPSA) is 9.23 Å². The van der Waals surface area contributed by atoms with Crippen LogP contribution < -0.4 is 4.74 Å². The van der Waals surface area contributed by atoms with Gasteiger partial charge in [0.25, 0.3) is 0 Å².